The van der Waals surface area contributed by atoms with Gasteiger partial charge in [0.25, 0.3) is 5.91 Å². The fraction of sp³-hybridized carbons (Fsp3) is 0.429. The fourth-order valence-electron chi connectivity index (χ4n) is 3.34. The highest BCUT2D eigenvalue weighted by molar-refractivity contribution is 7.13. The Bertz CT molecular complexity index is 953. The minimum Gasteiger partial charge on any atom is -0.463 e. The number of hydrogen-bond donors (Lipinski definition) is 1. The van der Waals surface area contributed by atoms with Crippen LogP contribution in [0, 0.1) is 20.8 Å². The van der Waals surface area contributed by atoms with Gasteiger partial charge in [0.1, 0.15) is 4.88 Å². The van der Waals surface area contributed by atoms with Gasteiger partial charge in [-0.2, -0.15) is 0 Å². The van der Waals surface area contributed by atoms with Crippen LogP contribution in [0.1, 0.15) is 44.8 Å². The number of aryl methyl sites for hydroxylation is 3. The first-order valence-electron chi connectivity index (χ1n) is 9.52. The Kier molecular flexibility index (Phi) is 6.32. The van der Waals surface area contributed by atoms with Gasteiger partial charge in [-0.25, -0.2) is 9.78 Å². The molecule has 0 radical (unpaired) electrons. The molecular formula is C21H25N3O4S. The third-order valence-electron chi connectivity index (χ3n) is 4.62. The molecule has 1 aromatic heterocycles. The second-order valence-electron chi connectivity index (χ2n) is 7.14. The number of oxime groups is 1. The Hall–Kier alpha value is -2.74. The summed E-state index contributed by atoms with van der Waals surface area (Å²) in [5.74, 6) is -0.649. The van der Waals surface area contributed by atoms with Gasteiger partial charge in [0.05, 0.1) is 29.6 Å². The summed E-state index contributed by atoms with van der Waals surface area (Å²) in [4.78, 5) is 35.6. The van der Waals surface area contributed by atoms with E-state index in [2.05, 4.69) is 15.5 Å². The van der Waals surface area contributed by atoms with Crippen molar-refractivity contribution in [2.45, 2.75) is 46.1 Å². The number of aromatic nitrogens is 1. The lowest BCUT2D eigenvalue weighted by Gasteiger charge is -2.24. The number of ether oxygens (including phenoxy) is 1. The first-order valence-corrected chi connectivity index (χ1v) is 10.3. The van der Waals surface area contributed by atoms with Crippen LogP contribution in [0.3, 0.4) is 0 Å². The summed E-state index contributed by atoms with van der Waals surface area (Å²) < 4.78 is 5.26. The Morgan fingerprint density at radius 1 is 1.31 bits per heavy atom. The standard InChI is InChI=1S/C21H25N3O4S/c1-5-27-20(26)21(10-16-8-6-7-13(2)9-16)11-17(24-28-21)12-22-19(25)18-14(3)23-15(4)29-18/h6-9H,5,10-12H2,1-4H3,(H,22,25). The number of benzene rings is 1. The molecule has 0 saturated carbocycles. The van der Waals surface area contributed by atoms with Crippen molar-refractivity contribution in [1.29, 1.82) is 0 Å². The van der Waals surface area contributed by atoms with E-state index in [0.29, 0.717) is 22.7 Å². The maximum absolute atomic E-state index is 12.7. The maximum atomic E-state index is 12.7. The number of nitrogens with one attached hydrogen (secondary N) is 1. The smallest absolute Gasteiger partial charge is 0.354 e. The number of rotatable bonds is 7. The summed E-state index contributed by atoms with van der Waals surface area (Å²) in [6.45, 7) is 7.88. The minimum atomic E-state index is -1.21. The normalized spacial score (nSPS) is 18.1. The number of carbonyl (C=O) groups is 2. The van der Waals surface area contributed by atoms with E-state index in [9.17, 15) is 9.59 Å². The second kappa shape index (κ2) is 8.73. The molecule has 0 fully saturated rings. The fourth-order valence-corrected chi connectivity index (χ4v) is 4.17. The zero-order chi connectivity index (χ0) is 21.0. The first kappa shape index (κ1) is 21.0. The van der Waals surface area contributed by atoms with E-state index >= 15 is 0 Å². The molecular weight excluding hydrogens is 390 g/mol. The highest BCUT2D eigenvalue weighted by Crippen LogP contribution is 2.30. The van der Waals surface area contributed by atoms with Crippen molar-refractivity contribution in [1.82, 2.24) is 10.3 Å². The summed E-state index contributed by atoms with van der Waals surface area (Å²) >= 11 is 1.35. The van der Waals surface area contributed by atoms with Crippen molar-refractivity contribution in [3.63, 3.8) is 0 Å². The molecule has 0 bridgehead atoms. The molecule has 1 unspecified atom stereocenters. The van der Waals surface area contributed by atoms with Gasteiger partial charge in [0.2, 0.25) is 5.60 Å². The van der Waals surface area contributed by atoms with Gasteiger partial charge in [0, 0.05) is 12.8 Å². The molecule has 0 saturated heterocycles. The second-order valence-corrected chi connectivity index (χ2v) is 8.34. The lowest BCUT2D eigenvalue weighted by Crippen LogP contribution is -2.43. The summed E-state index contributed by atoms with van der Waals surface area (Å²) in [5, 5.41) is 7.78. The molecule has 1 atom stereocenters. The van der Waals surface area contributed by atoms with Crippen LogP contribution in [-0.4, -0.2) is 41.3 Å². The predicted molar refractivity (Wildman–Crippen MR) is 111 cm³/mol. The van der Waals surface area contributed by atoms with Gasteiger partial charge in [-0.1, -0.05) is 35.0 Å². The summed E-state index contributed by atoms with van der Waals surface area (Å²) in [5.41, 5.74) is 2.16. The number of thiazole rings is 1. The van der Waals surface area contributed by atoms with Crippen molar-refractivity contribution < 1.29 is 19.2 Å². The molecule has 1 aliphatic heterocycles. The van der Waals surface area contributed by atoms with Crippen molar-refractivity contribution >= 4 is 28.9 Å². The van der Waals surface area contributed by atoms with E-state index < -0.39 is 11.6 Å². The topological polar surface area (TPSA) is 89.9 Å². The molecule has 1 N–H and O–H groups in total. The maximum Gasteiger partial charge on any atom is 0.354 e. The van der Waals surface area contributed by atoms with Crippen molar-refractivity contribution in [2.24, 2.45) is 5.16 Å². The van der Waals surface area contributed by atoms with Gasteiger partial charge in [-0.15, -0.1) is 11.3 Å². The van der Waals surface area contributed by atoms with E-state index in [0.717, 1.165) is 16.1 Å². The number of nitrogens with zero attached hydrogens (tertiary/aromatic N) is 2. The largest absolute Gasteiger partial charge is 0.463 e. The minimum absolute atomic E-state index is 0.199. The number of hydrogen-bond acceptors (Lipinski definition) is 7. The number of amides is 1. The zero-order valence-electron chi connectivity index (χ0n) is 17.1. The summed E-state index contributed by atoms with van der Waals surface area (Å²) in [6, 6.07) is 7.90. The predicted octanol–water partition coefficient (Wildman–Crippen LogP) is 3.12. The van der Waals surface area contributed by atoms with E-state index in [-0.39, 0.29) is 25.5 Å². The van der Waals surface area contributed by atoms with Crippen LogP contribution in [-0.2, 0) is 20.8 Å². The first-order chi connectivity index (χ1) is 13.8. The van der Waals surface area contributed by atoms with Gasteiger partial charge >= 0.3 is 5.97 Å². The SMILES string of the molecule is CCOC(=O)C1(Cc2cccc(C)c2)CC(CNC(=O)c2sc(C)nc2C)=NO1. The summed E-state index contributed by atoms with van der Waals surface area (Å²) in [6.07, 6.45) is 0.613. The van der Waals surface area contributed by atoms with Crippen LogP contribution in [0.5, 0.6) is 0 Å². The Labute approximate surface area is 174 Å². The van der Waals surface area contributed by atoms with E-state index in [1.807, 2.05) is 45.0 Å². The van der Waals surface area contributed by atoms with Gasteiger partial charge < -0.3 is 14.9 Å². The van der Waals surface area contributed by atoms with Crippen molar-refractivity contribution in [2.75, 3.05) is 13.2 Å². The molecule has 2 aromatic rings. The highest BCUT2D eigenvalue weighted by atomic mass is 32.1. The van der Waals surface area contributed by atoms with E-state index in [4.69, 9.17) is 9.57 Å². The Balaban J connectivity index is 1.69. The van der Waals surface area contributed by atoms with E-state index in [1.54, 1.807) is 6.92 Å². The summed E-state index contributed by atoms with van der Waals surface area (Å²) in [7, 11) is 0. The third-order valence-corrected chi connectivity index (χ3v) is 5.69. The molecule has 29 heavy (non-hydrogen) atoms. The Morgan fingerprint density at radius 2 is 2.10 bits per heavy atom. The van der Waals surface area contributed by atoms with Crippen LogP contribution < -0.4 is 5.32 Å². The van der Waals surface area contributed by atoms with Crippen LogP contribution in [0.4, 0.5) is 0 Å². The lowest BCUT2D eigenvalue weighted by atomic mass is 9.89. The highest BCUT2D eigenvalue weighted by Gasteiger charge is 2.48. The van der Waals surface area contributed by atoms with Crippen molar-refractivity contribution in [3.05, 3.63) is 51.0 Å². The van der Waals surface area contributed by atoms with Crippen LogP contribution in [0.2, 0.25) is 0 Å². The average Bonchev–Trinajstić information content (AvgIpc) is 3.23. The molecule has 154 valence electrons. The molecule has 2 heterocycles. The van der Waals surface area contributed by atoms with Crippen LogP contribution in [0.15, 0.2) is 29.4 Å². The molecule has 8 heteroatoms. The monoisotopic (exact) mass is 415 g/mol. The van der Waals surface area contributed by atoms with Crippen molar-refractivity contribution in [3.8, 4) is 0 Å². The number of carbonyl (C=O) groups excluding carboxylic acids is 2. The number of esters is 1. The average molecular weight is 416 g/mol. The molecule has 0 aliphatic carbocycles. The van der Waals surface area contributed by atoms with Crippen LogP contribution in [0.25, 0.3) is 0 Å². The van der Waals surface area contributed by atoms with Gasteiger partial charge in [0.15, 0.2) is 0 Å². The third kappa shape index (κ3) is 4.82. The molecule has 7 nitrogen and oxygen atoms in total. The van der Waals surface area contributed by atoms with E-state index in [1.165, 1.54) is 11.3 Å². The van der Waals surface area contributed by atoms with Gasteiger partial charge in [-0.05, 0) is 33.3 Å². The molecule has 0 spiro atoms. The Morgan fingerprint density at radius 3 is 2.76 bits per heavy atom. The molecule has 1 aliphatic rings. The van der Waals surface area contributed by atoms with Crippen LogP contribution >= 0.6 is 11.3 Å². The lowest BCUT2D eigenvalue weighted by molar-refractivity contribution is -0.168. The molecule has 1 amide bonds. The zero-order valence-corrected chi connectivity index (χ0v) is 17.9. The quantitative estimate of drug-likeness (QED) is 0.702. The molecule has 3 rings (SSSR count). The molecule has 1 aromatic carbocycles. The van der Waals surface area contributed by atoms with Gasteiger partial charge in [-0.3, -0.25) is 4.79 Å².